The summed E-state index contributed by atoms with van der Waals surface area (Å²) in [5.74, 6) is -0.306. The fourth-order valence-electron chi connectivity index (χ4n) is 1.59. The highest BCUT2D eigenvalue weighted by atomic mass is 16.3. The molecule has 0 saturated heterocycles. The fraction of sp³-hybridized carbons (Fsp3) is 0.429. The monoisotopic (exact) mass is 264 g/mol. The Kier molecular flexibility index (Phi) is 5.51. The van der Waals surface area contributed by atoms with E-state index in [1.807, 2.05) is 13.0 Å². The van der Waals surface area contributed by atoms with Gasteiger partial charge in [0.2, 0.25) is 11.8 Å². The van der Waals surface area contributed by atoms with Gasteiger partial charge in [-0.2, -0.15) is 0 Å². The van der Waals surface area contributed by atoms with Crippen molar-refractivity contribution < 1.29 is 14.7 Å². The zero-order valence-corrected chi connectivity index (χ0v) is 11.5. The van der Waals surface area contributed by atoms with E-state index in [1.165, 1.54) is 6.92 Å². The summed E-state index contributed by atoms with van der Waals surface area (Å²) in [6.07, 6.45) is 0.204. The third-order valence-electron chi connectivity index (χ3n) is 2.62. The van der Waals surface area contributed by atoms with Crippen LogP contribution in [-0.2, 0) is 9.59 Å². The molecule has 0 heterocycles. The minimum absolute atomic E-state index is 0.149. The van der Waals surface area contributed by atoms with Gasteiger partial charge in [-0.3, -0.25) is 9.59 Å². The number of amides is 2. The molecule has 2 amide bonds. The van der Waals surface area contributed by atoms with Crippen molar-refractivity contribution in [2.75, 3.05) is 10.6 Å². The Morgan fingerprint density at radius 3 is 2.58 bits per heavy atom. The van der Waals surface area contributed by atoms with E-state index in [0.717, 1.165) is 5.56 Å². The van der Waals surface area contributed by atoms with Crippen LogP contribution in [0.25, 0.3) is 0 Å². The van der Waals surface area contributed by atoms with Gasteiger partial charge >= 0.3 is 0 Å². The molecular weight excluding hydrogens is 244 g/mol. The third kappa shape index (κ3) is 5.52. The van der Waals surface area contributed by atoms with Gasteiger partial charge in [-0.1, -0.05) is 6.07 Å². The van der Waals surface area contributed by atoms with E-state index in [0.29, 0.717) is 17.8 Å². The van der Waals surface area contributed by atoms with Crippen molar-refractivity contribution in [3.05, 3.63) is 23.8 Å². The second kappa shape index (κ2) is 6.89. The lowest BCUT2D eigenvalue weighted by Crippen LogP contribution is -2.15. The molecule has 0 saturated carbocycles. The summed E-state index contributed by atoms with van der Waals surface area (Å²) < 4.78 is 0. The quantitative estimate of drug-likeness (QED) is 0.761. The van der Waals surface area contributed by atoms with Crippen LogP contribution in [0.5, 0.6) is 0 Å². The van der Waals surface area contributed by atoms with Crippen LogP contribution in [-0.4, -0.2) is 23.0 Å². The van der Waals surface area contributed by atoms with Gasteiger partial charge < -0.3 is 15.7 Å². The lowest BCUT2D eigenvalue weighted by molar-refractivity contribution is -0.116. The molecule has 3 N–H and O–H groups in total. The van der Waals surface area contributed by atoms with Crippen molar-refractivity contribution in [3.8, 4) is 0 Å². The smallest absolute Gasteiger partial charge is 0.224 e. The van der Waals surface area contributed by atoms with Crippen molar-refractivity contribution in [2.45, 2.75) is 39.7 Å². The lowest BCUT2D eigenvalue weighted by atomic mass is 10.1. The number of aryl methyl sites for hydroxylation is 1. The van der Waals surface area contributed by atoms with Crippen LogP contribution in [0.2, 0.25) is 0 Å². The fourth-order valence-corrected chi connectivity index (χ4v) is 1.59. The van der Waals surface area contributed by atoms with Gasteiger partial charge in [0.05, 0.1) is 6.10 Å². The molecule has 0 bridgehead atoms. The highest BCUT2D eigenvalue weighted by Crippen LogP contribution is 2.20. The minimum Gasteiger partial charge on any atom is -0.393 e. The summed E-state index contributed by atoms with van der Waals surface area (Å²) >= 11 is 0. The molecule has 5 heteroatoms. The van der Waals surface area contributed by atoms with E-state index >= 15 is 0 Å². The summed E-state index contributed by atoms with van der Waals surface area (Å²) in [6, 6.07) is 5.33. The Labute approximate surface area is 113 Å². The molecule has 104 valence electrons. The number of benzene rings is 1. The molecule has 1 rings (SSSR count). The normalized spacial score (nSPS) is 11.8. The number of anilines is 2. The Morgan fingerprint density at radius 2 is 2.00 bits per heavy atom. The summed E-state index contributed by atoms with van der Waals surface area (Å²) in [4.78, 5) is 22.7. The van der Waals surface area contributed by atoms with Crippen LogP contribution >= 0.6 is 0 Å². The van der Waals surface area contributed by atoms with Gasteiger partial charge in [0.25, 0.3) is 0 Å². The number of carbonyl (C=O) groups is 2. The summed E-state index contributed by atoms with van der Waals surface area (Å²) in [5, 5.41) is 14.6. The van der Waals surface area contributed by atoms with Crippen LogP contribution < -0.4 is 10.6 Å². The third-order valence-corrected chi connectivity index (χ3v) is 2.62. The SMILES string of the molecule is CC(=O)Nc1ccc(C)c(NC(=O)CCC(C)O)c1. The zero-order chi connectivity index (χ0) is 14.4. The van der Waals surface area contributed by atoms with Crippen LogP contribution in [0.3, 0.4) is 0 Å². The minimum atomic E-state index is -0.488. The molecule has 0 fully saturated rings. The molecule has 0 aliphatic rings. The standard InChI is InChI=1S/C14H20N2O3/c1-9-4-6-12(15-11(3)18)8-13(9)16-14(19)7-5-10(2)17/h4,6,8,10,17H,5,7H2,1-3H3,(H,15,18)(H,16,19). The number of rotatable bonds is 5. The molecule has 0 aliphatic heterocycles. The van der Waals surface area contributed by atoms with Crippen LogP contribution in [0.15, 0.2) is 18.2 Å². The molecular formula is C14H20N2O3. The van der Waals surface area contributed by atoms with Crippen LogP contribution in [0.4, 0.5) is 11.4 Å². The zero-order valence-electron chi connectivity index (χ0n) is 11.5. The molecule has 1 unspecified atom stereocenters. The van der Waals surface area contributed by atoms with Crippen molar-refractivity contribution in [1.82, 2.24) is 0 Å². The van der Waals surface area contributed by atoms with Gasteiger partial charge in [-0.15, -0.1) is 0 Å². The largest absolute Gasteiger partial charge is 0.393 e. The molecule has 1 aromatic rings. The first-order valence-electron chi connectivity index (χ1n) is 6.24. The van der Waals surface area contributed by atoms with Crippen molar-refractivity contribution >= 4 is 23.2 Å². The van der Waals surface area contributed by atoms with E-state index in [4.69, 9.17) is 5.11 Å². The lowest BCUT2D eigenvalue weighted by Gasteiger charge is -2.11. The predicted octanol–water partition coefficient (Wildman–Crippen LogP) is 2.05. The van der Waals surface area contributed by atoms with Crippen molar-refractivity contribution in [2.24, 2.45) is 0 Å². The number of hydrogen-bond donors (Lipinski definition) is 3. The van der Waals surface area contributed by atoms with Crippen LogP contribution in [0, 0.1) is 6.92 Å². The molecule has 1 aromatic carbocycles. The van der Waals surface area contributed by atoms with Gasteiger partial charge in [-0.25, -0.2) is 0 Å². The molecule has 0 aromatic heterocycles. The Bertz CT molecular complexity index is 470. The van der Waals surface area contributed by atoms with Crippen molar-refractivity contribution in [3.63, 3.8) is 0 Å². The first kappa shape index (κ1) is 15.2. The molecule has 1 atom stereocenters. The Hall–Kier alpha value is -1.88. The average Bonchev–Trinajstić information content (AvgIpc) is 2.30. The van der Waals surface area contributed by atoms with E-state index in [9.17, 15) is 9.59 Å². The first-order valence-corrected chi connectivity index (χ1v) is 6.24. The summed E-state index contributed by atoms with van der Waals surface area (Å²) in [5.41, 5.74) is 2.23. The Balaban J connectivity index is 2.71. The molecule has 0 radical (unpaired) electrons. The topological polar surface area (TPSA) is 78.4 Å². The summed E-state index contributed by atoms with van der Waals surface area (Å²) in [6.45, 7) is 4.96. The number of hydrogen-bond acceptors (Lipinski definition) is 3. The van der Waals surface area contributed by atoms with E-state index in [2.05, 4.69) is 10.6 Å². The average molecular weight is 264 g/mol. The highest BCUT2D eigenvalue weighted by molar-refractivity contribution is 5.94. The number of nitrogens with one attached hydrogen (secondary N) is 2. The maximum atomic E-state index is 11.7. The number of aliphatic hydroxyl groups is 1. The van der Waals surface area contributed by atoms with Gasteiger partial charge in [-0.05, 0) is 38.0 Å². The van der Waals surface area contributed by atoms with Gasteiger partial charge in [0, 0.05) is 24.7 Å². The van der Waals surface area contributed by atoms with E-state index in [1.54, 1.807) is 19.1 Å². The van der Waals surface area contributed by atoms with E-state index in [-0.39, 0.29) is 18.2 Å². The molecule has 0 spiro atoms. The Morgan fingerprint density at radius 1 is 1.32 bits per heavy atom. The predicted molar refractivity (Wildman–Crippen MR) is 75.0 cm³/mol. The summed E-state index contributed by atoms with van der Waals surface area (Å²) in [7, 11) is 0. The van der Waals surface area contributed by atoms with Crippen LogP contribution in [0.1, 0.15) is 32.3 Å². The molecule has 19 heavy (non-hydrogen) atoms. The highest BCUT2D eigenvalue weighted by Gasteiger charge is 2.07. The van der Waals surface area contributed by atoms with Gasteiger partial charge in [0.1, 0.15) is 0 Å². The number of carbonyl (C=O) groups excluding carboxylic acids is 2. The second-order valence-electron chi connectivity index (χ2n) is 4.65. The maximum absolute atomic E-state index is 11.7. The maximum Gasteiger partial charge on any atom is 0.224 e. The first-order chi connectivity index (χ1) is 8.88. The molecule has 5 nitrogen and oxygen atoms in total. The number of aliphatic hydroxyl groups excluding tert-OH is 1. The molecule has 0 aliphatic carbocycles. The van der Waals surface area contributed by atoms with E-state index < -0.39 is 6.10 Å². The van der Waals surface area contributed by atoms with Crippen molar-refractivity contribution in [1.29, 1.82) is 0 Å². The van der Waals surface area contributed by atoms with Gasteiger partial charge in [0.15, 0.2) is 0 Å². The second-order valence-corrected chi connectivity index (χ2v) is 4.65.